The van der Waals surface area contributed by atoms with Gasteiger partial charge in [-0.15, -0.1) is 0 Å². The molecule has 0 spiro atoms. The highest BCUT2D eigenvalue weighted by atomic mass is 16.5. The second kappa shape index (κ2) is 11.9. The monoisotopic (exact) mass is 458 g/mol. The van der Waals surface area contributed by atoms with E-state index in [4.69, 9.17) is 4.74 Å². The normalized spacial score (nSPS) is 15.7. The van der Waals surface area contributed by atoms with Crippen LogP contribution in [0.1, 0.15) is 11.1 Å². The standard InChI is InChI=1S/C29H34N2O3/c1-30-15-17-31(18-16-30)19-20-34-27-13-11-26(12-14-27)25-9-7-24(8-10-25)22-29(33)28(32)21-23-5-3-2-4-6-23/h2-14,28,32H,15-22H2,1H3. The quantitative estimate of drug-likeness (QED) is 0.502. The maximum atomic E-state index is 12.4. The number of carbonyl (C=O) groups excluding carboxylic acids is 1. The number of benzene rings is 3. The molecule has 1 N–H and O–H groups in total. The van der Waals surface area contributed by atoms with Crippen LogP contribution in [0.15, 0.2) is 78.9 Å². The molecule has 1 aliphatic heterocycles. The third-order valence-electron chi connectivity index (χ3n) is 6.44. The van der Waals surface area contributed by atoms with E-state index in [1.54, 1.807) is 0 Å². The molecular weight excluding hydrogens is 424 g/mol. The van der Waals surface area contributed by atoms with Crippen LogP contribution in [0, 0.1) is 0 Å². The van der Waals surface area contributed by atoms with E-state index in [1.807, 2.05) is 66.7 Å². The third-order valence-corrected chi connectivity index (χ3v) is 6.44. The van der Waals surface area contributed by atoms with Crippen molar-refractivity contribution in [2.24, 2.45) is 0 Å². The van der Waals surface area contributed by atoms with E-state index in [0.717, 1.165) is 60.7 Å². The molecule has 1 saturated heterocycles. The summed E-state index contributed by atoms with van der Waals surface area (Å²) in [7, 11) is 2.17. The smallest absolute Gasteiger partial charge is 0.165 e. The van der Waals surface area contributed by atoms with Crippen molar-refractivity contribution >= 4 is 5.78 Å². The molecule has 0 radical (unpaired) electrons. The molecule has 0 aromatic heterocycles. The molecule has 0 saturated carbocycles. The van der Waals surface area contributed by atoms with Crippen LogP contribution in [-0.4, -0.2) is 73.2 Å². The molecule has 4 rings (SSSR count). The fourth-order valence-electron chi connectivity index (χ4n) is 4.19. The van der Waals surface area contributed by atoms with Gasteiger partial charge in [0, 0.05) is 45.6 Å². The molecule has 34 heavy (non-hydrogen) atoms. The summed E-state index contributed by atoms with van der Waals surface area (Å²) in [6.45, 7) is 6.10. The predicted octanol–water partition coefficient (Wildman–Crippen LogP) is 3.70. The average molecular weight is 459 g/mol. The Labute approximate surface area is 202 Å². The number of ketones is 1. The zero-order chi connectivity index (χ0) is 23.8. The Morgan fingerprint density at radius 3 is 2.12 bits per heavy atom. The number of hydrogen-bond donors (Lipinski definition) is 1. The topological polar surface area (TPSA) is 53.0 Å². The number of hydrogen-bond acceptors (Lipinski definition) is 5. The Bertz CT molecular complexity index is 1030. The Morgan fingerprint density at radius 2 is 1.47 bits per heavy atom. The average Bonchev–Trinajstić information content (AvgIpc) is 2.87. The SMILES string of the molecule is CN1CCN(CCOc2ccc(-c3ccc(CC(=O)C(O)Cc4ccccc4)cc3)cc2)CC1. The highest BCUT2D eigenvalue weighted by Gasteiger charge is 2.16. The lowest BCUT2D eigenvalue weighted by Crippen LogP contribution is -2.45. The van der Waals surface area contributed by atoms with Gasteiger partial charge in [0.15, 0.2) is 5.78 Å². The van der Waals surface area contributed by atoms with Crippen LogP contribution < -0.4 is 4.74 Å². The van der Waals surface area contributed by atoms with Gasteiger partial charge in [-0.05, 0) is 41.4 Å². The molecule has 3 aromatic carbocycles. The summed E-state index contributed by atoms with van der Waals surface area (Å²) >= 11 is 0. The van der Waals surface area contributed by atoms with Gasteiger partial charge >= 0.3 is 0 Å². The summed E-state index contributed by atoms with van der Waals surface area (Å²) in [6, 6.07) is 25.7. The molecule has 1 unspecified atom stereocenters. The first-order chi connectivity index (χ1) is 16.6. The van der Waals surface area contributed by atoms with Crippen molar-refractivity contribution in [2.75, 3.05) is 46.4 Å². The minimum absolute atomic E-state index is 0.158. The Hall–Kier alpha value is -2.99. The van der Waals surface area contributed by atoms with Crippen LogP contribution in [-0.2, 0) is 17.6 Å². The predicted molar refractivity (Wildman–Crippen MR) is 136 cm³/mol. The van der Waals surface area contributed by atoms with Gasteiger partial charge in [-0.3, -0.25) is 9.69 Å². The van der Waals surface area contributed by atoms with E-state index >= 15 is 0 Å². The van der Waals surface area contributed by atoms with Gasteiger partial charge in [-0.2, -0.15) is 0 Å². The van der Waals surface area contributed by atoms with Gasteiger partial charge in [0.25, 0.3) is 0 Å². The van der Waals surface area contributed by atoms with E-state index in [-0.39, 0.29) is 12.2 Å². The molecular formula is C29H34N2O3. The van der Waals surface area contributed by atoms with E-state index in [1.165, 1.54) is 0 Å². The third kappa shape index (κ3) is 7.00. The van der Waals surface area contributed by atoms with E-state index in [0.29, 0.717) is 13.0 Å². The molecule has 5 heteroatoms. The molecule has 0 amide bonds. The highest BCUT2D eigenvalue weighted by molar-refractivity contribution is 5.85. The Balaban J connectivity index is 1.25. The van der Waals surface area contributed by atoms with Gasteiger partial charge in [0.1, 0.15) is 18.5 Å². The molecule has 3 aromatic rings. The molecule has 1 atom stereocenters. The van der Waals surface area contributed by atoms with Crippen LogP contribution in [0.2, 0.25) is 0 Å². The number of aliphatic hydroxyl groups excluding tert-OH is 1. The van der Waals surface area contributed by atoms with E-state index in [9.17, 15) is 9.90 Å². The molecule has 0 aliphatic carbocycles. The summed E-state index contributed by atoms with van der Waals surface area (Å²) in [5, 5.41) is 10.3. The van der Waals surface area contributed by atoms with Crippen molar-refractivity contribution in [2.45, 2.75) is 18.9 Å². The fraction of sp³-hybridized carbons (Fsp3) is 0.345. The summed E-state index contributed by atoms with van der Waals surface area (Å²) in [5.41, 5.74) is 4.06. The van der Waals surface area contributed by atoms with Gasteiger partial charge in [0.2, 0.25) is 0 Å². The minimum Gasteiger partial charge on any atom is -0.492 e. The van der Waals surface area contributed by atoms with Crippen LogP contribution >= 0.6 is 0 Å². The zero-order valence-electron chi connectivity index (χ0n) is 19.9. The Morgan fingerprint density at radius 1 is 0.853 bits per heavy atom. The molecule has 1 fully saturated rings. The van der Waals surface area contributed by atoms with Crippen molar-refractivity contribution in [3.63, 3.8) is 0 Å². The zero-order valence-corrected chi connectivity index (χ0v) is 19.9. The van der Waals surface area contributed by atoms with Crippen LogP contribution in [0.25, 0.3) is 11.1 Å². The lowest BCUT2D eigenvalue weighted by atomic mass is 9.98. The largest absolute Gasteiger partial charge is 0.492 e. The minimum atomic E-state index is -0.981. The van der Waals surface area contributed by atoms with Crippen molar-refractivity contribution in [1.82, 2.24) is 9.80 Å². The number of aliphatic hydroxyl groups is 1. The second-order valence-electron chi connectivity index (χ2n) is 9.06. The van der Waals surface area contributed by atoms with Crippen molar-refractivity contribution < 1.29 is 14.6 Å². The molecule has 1 heterocycles. The first-order valence-corrected chi connectivity index (χ1v) is 12.0. The van der Waals surface area contributed by atoms with Gasteiger partial charge in [-0.25, -0.2) is 0 Å². The summed E-state index contributed by atoms with van der Waals surface area (Å²) in [5.74, 6) is 0.724. The fourth-order valence-corrected chi connectivity index (χ4v) is 4.19. The maximum absolute atomic E-state index is 12.4. The summed E-state index contributed by atoms with van der Waals surface area (Å²) < 4.78 is 5.94. The number of piperazine rings is 1. The molecule has 5 nitrogen and oxygen atoms in total. The maximum Gasteiger partial charge on any atom is 0.165 e. The van der Waals surface area contributed by atoms with Gasteiger partial charge in [-0.1, -0.05) is 66.7 Å². The summed E-state index contributed by atoms with van der Waals surface area (Å²) in [4.78, 5) is 17.2. The Kier molecular flexibility index (Phi) is 8.47. The highest BCUT2D eigenvalue weighted by Crippen LogP contribution is 2.23. The second-order valence-corrected chi connectivity index (χ2v) is 9.06. The van der Waals surface area contributed by atoms with E-state index < -0.39 is 6.10 Å². The number of Topliss-reactive ketones (excluding diaryl/α,β-unsaturated/α-hetero) is 1. The van der Waals surface area contributed by atoms with Gasteiger partial charge in [0.05, 0.1) is 0 Å². The number of nitrogens with zero attached hydrogens (tertiary/aromatic N) is 2. The summed E-state index contributed by atoms with van der Waals surface area (Å²) in [6.07, 6.45) is -0.401. The number of rotatable bonds is 10. The molecule has 178 valence electrons. The van der Waals surface area contributed by atoms with Crippen molar-refractivity contribution in [1.29, 1.82) is 0 Å². The molecule has 1 aliphatic rings. The number of ether oxygens (including phenoxy) is 1. The van der Waals surface area contributed by atoms with Crippen molar-refractivity contribution in [3.8, 4) is 16.9 Å². The van der Waals surface area contributed by atoms with Crippen LogP contribution in [0.5, 0.6) is 5.75 Å². The lowest BCUT2D eigenvalue weighted by Gasteiger charge is -2.32. The van der Waals surface area contributed by atoms with Crippen molar-refractivity contribution in [3.05, 3.63) is 90.0 Å². The molecule has 0 bridgehead atoms. The number of likely N-dealkylation sites (N-methyl/N-ethyl adjacent to an activating group) is 1. The lowest BCUT2D eigenvalue weighted by molar-refractivity contribution is -0.126. The van der Waals surface area contributed by atoms with Gasteiger partial charge < -0.3 is 14.7 Å². The first kappa shape index (κ1) is 24.1. The van der Waals surface area contributed by atoms with Crippen LogP contribution in [0.3, 0.4) is 0 Å². The van der Waals surface area contributed by atoms with E-state index in [2.05, 4.69) is 29.0 Å². The van der Waals surface area contributed by atoms with Crippen LogP contribution in [0.4, 0.5) is 0 Å². The number of carbonyl (C=O) groups is 1. The first-order valence-electron chi connectivity index (χ1n) is 12.0.